The van der Waals surface area contributed by atoms with Gasteiger partial charge in [-0.25, -0.2) is 0 Å². The molecule has 0 aliphatic carbocycles. The van der Waals surface area contributed by atoms with Gasteiger partial charge >= 0.3 is 0 Å². The van der Waals surface area contributed by atoms with Crippen LogP contribution in [0.15, 0.2) is 36.4 Å². The molecule has 3 aliphatic heterocycles. The standard InChI is InChI=1S/C21H26N2/c1-14-11-15(2)16(3)21(12-14)23-17(4)22-10-9-19(23)13-18-7-5-6-8-20(18)22/h5-8,11-12,17,19H,9-10,13H2,1-4H3. The van der Waals surface area contributed by atoms with Gasteiger partial charge < -0.3 is 9.80 Å². The predicted molar refractivity (Wildman–Crippen MR) is 98.5 cm³/mol. The second kappa shape index (κ2) is 5.30. The topological polar surface area (TPSA) is 6.48 Å². The lowest BCUT2D eigenvalue weighted by atomic mass is 9.97. The number of anilines is 2. The van der Waals surface area contributed by atoms with E-state index in [0.717, 1.165) is 6.42 Å². The van der Waals surface area contributed by atoms with Crippen LogP contribution in [-0.4, -0.2) is 18.8 Å². The Balaban J connectivity index is 1.84. The molecule has 2 nitrogen and oxygen atoms in total. The Labute approximate surface area is 139 Å². The summed E-state index contributed by atoms with van der Waals surface area (Å²) in [5.74, 6) is 0. The number of rotatable bonds is 1. The maximum absolute atomic E-state index is 2.68. The first-order valence-corrected chi connectivity index (χ1v) is 8.77. The average molecular weight is 306 g/mol. The van der Waals surface area contributed by atoms with Crippen molar-refractivity contribution >= 4 is 11.4 Å². The van der Waals surface area contributed by atoms with Crippen LogP contribution in [-0.2, 0) is 6.42 Å². The largest absolute Gasteiger partial charge is 0.351 e. The smallest absolute Gasteiger partial charge is 0.0989 e. The first-order valence-electron chi connectivity index (χ1n) is 8.77. The summed E-state index contributed by atoms with van der Waals surface area (Å²) < 4.78 is 0. The fraction of sp³-hybridized carbons (Fsp3) is 0.429. The zero-order valence-electron chi connectivity index (χ0n) is 14.6. The first-order chi connectivity index (χ1) is 11.1. The molecule has 5 rings (SSSR count). The monoisotopic (exact) mass is 306 g/mol. The minimum atomic E-state index is 0.414. The molecule has 2 atom stereocenters. The van der Waals surface area contributed by atoms with Gasteiger partial charge in [-0.15, -0.1) is 0 Å². The van der Waals surface area contributed by atoms with Gasteiger partial charge in [-0.2, -0.15) is 0 Å². The van der Waals surface area contributed by atoms with E-state index in [0.29, 0.717) is 12.2 Å². The van der Waals surface area contributed by atoms with E-state index < -0.39 is 0 Å². The van der Waals surface area contributed by atoms with Crippen LogP contribution >= 0.6 is 0 Å². The lowest BCUT2D eigenvalue weighted by molar-refractivity contribution is 0.435. The lowest BCUT2D eigenvalue weighted by Gasteiger charge is -2.47. The van der Waals surface area contributed by atoms with Gasteiger partial charge in [-0.3, -0.25) is 0 Å². The number of fused-ring (bicyclic) bond motifs is 2. The first kappa shape index (κ1) is 14.6. The number of nitrogens with zero attached hydrogens (tertiary/aromatic N) is 2. The fourth-order valence-electron chi connectivity index (χ4n) is 4.49. The van der Waals surface area contributed by atoms with Gasteiger partial charge in [-0.05, 0) is 74.9 Å². The van der Waals surface area contributed by atoms with Crippen LogP contribution in [0.3, 0.4) is 0 Å². The molecule has 0 spiro atoms. The molecule has 0 aromatic heterocycles. The Kier molecular flexibility index (Phi) is 3.37. The summed E-state index contributed by atoms with van der Waals surface area (Å²) in [6.45, 7) is 10.3. The predicted octanol–water partition coefficient (Wildman–Crippen LogP) is 4.60. The van der Waals surface area contributed by atoms with E-state index >= 15 is 0 Å². The zero-order chi connectivity index (χ0) is 16.1. The Bertz CT molecular complexity index is 748. The second-order valence-corrected chi connectivity index (χ2v) is 7.23. The summed E-state index contributed by atoms with van der Waals surface area (Å²) in [5.41, 5.74) is 8.57. The molecular formula is C21H26N2. The summed E-state index contributed by atoms with van der Waals surface area (Å²) in [6, 6.07) is 14.3. The number of hydrogen-bond donors (Lipinski definition) is 0. The molecular weight excluding hydrogens is 280 g/mol. The Hall–Kier alpha value is -1.96. The number of benzene rings is 2. The molecule has 2 aromatic carbocycles. The molecule has 0 N–H and O–H groups in total. The van der Waals surface area contributed by atoms with E-state index in [-0.39, 0.29) is 0 Å². The molecule has 0 amide bonds. The molecule has 23 heavy (non-hydrogen) atoms. The van der Waals surface area contributed by atoms with E-state index in [1.807, 2.05) is 0 Å². The molecule has 0 radical (unpaired) electrons. The summed E-state index contributed by atoms with van der Waals surface area (Å²) >= 11 is 0. The second-order valence-electron chi connectivity index (χ2n) is 7.23. The van der Waals surface area contributed by atoms with Crippen molar-refractivity contribution in [3.05, 3.63) is 58.7 Å². The fourth-order valence-corrected chi connectivity index (χ4v) is 4.49. The summed E-state index contributed by atoms with van der Waals surface area (Å²) in [5, 5.41) is 0. The molecule has 120 valence electrons. The van der Waals surface area contributed by atoms with Crippen molar-refractivity contribution in [1.29, 1.82) is 0 Å². The molecule has 2 unspecified atom stereocenters. The van der Waals surface area contributed by atoms with Crippen molar-refractivity contribution in [1.82, 2.24) is 0 Å². The maximum atomic E-state index is 2.68. The summed E-state index contributed by atoms with van der Waals surface area (Å²) in [4.78, 5) is 5.27. The van der Waals surface area contributed by atoms with Crippen molar-refractivity contribution in [3.8, 4) is 0 Å². The van der Waals surface area contributed by atoms with Crippen LogP contribution in [0.5, 0.6) is 0 Å². The van der Waals surface area contributed by atoms with E-state index in [1.54, 1.807) is 0 Å². The molecule has 3 heterocycles. The number of para-hydroxylation sites is 1. The van der Waals surface area contributed by atoms with Crippen molar-refractivity contribution in [2.45, 2.75) is 52.7 Å². The van der Waals surface area contributed by atoms with Gasteiger partial charge in [0.2, 0.25) is 0 Å². The highest BCUT2D eigenvalue weighted by Crippen LogP contribution is 2.40. The van der Waals surface area contributed by atoms with E-state index in [2.05, 4.69) is 73.9 Å². The Morgan fingerprint density at radius 1 is 1.00 bits per heavy atom. The van der Waals surface area contributed by atoms with Crippen LogP contribution in [0, 0.1) is 20.8 Å². The van der Waals surface area contributed by atoms with Gasteiger partial charge in [0, 0.05) is 24.0 Å². The van der Waals surface area contributed by atoms with Crippen LogP contribution in [0.2, 0.25) is 0 Å². The van der Waals surface area contributed by atoms with Crippen LogP contribution in [0.1, 0.15) is 35.6 Å². The van der Waals surface area contributed by atoms with E-state index in [1.165, 1.54) is 46.6 Å². The van der Waals surface area contributed by atoms with E-state index in [9.17, 15) is 0 Å². The highest BCUT2D eigenvalue weighted by molar-refractivity contribution is 5.65. The minimum Gasteiger partial charge on any atom is -0.351 e. The third-order valence-electron chi connectivity index (χ3n) is 5.77. The summed E-state index contributed by atoms with van der Waals surface area (Å²) in [6.07, 6.45) is 2.81. The van der Waals surface area contributed by atoms with Crippen molar-refractivity contribution in [2.24, 2.45) is 0 Å². The highest BCUT2D eigenvalue weighted by Gasteiger charge is 2.38. The van der Waals surface area contributed by atoms with Gasteiger partial charge in [0.15, 0.2) is 0 Å². The van der Waals surface area contributed by atoms with Gasteiger partial charge in [0.05, 0.1) is 6.17 Å². The van der Waals surface area contributed by atoms with Crippen LogP contribution < -0.4 is 9.80 Å². The minimum absolute atomic E-state index is 0.414. The molecule has 1 saturated heterocycles. The SMILES string of the molecule is Cc1cc(C)c(C)c(N2C3CCN(c4ccccc4C3)C2C)c1. The van der Waals surface area contributed by atoms with E-state index in [4.69, 9.17) is 0 Å². The van der Waals surface area contributed by atoms with Crippen molar-refractivity contribution in [2.75, 3.05) is 16.3 Å². The molecule has 2 aromatic rings. The Morgan fingerprint density at radius 2 is 1.78 bits per heavy atom. The molecule has 2 bridgehead atoms. The molecule has 1 fully saturated rings. The lowest BCUT2D eigenvalue weighted by Crippen LogP contribution is -2.56. The normalized spacial score (nSPS) is 23.0. The van der Waals surface area contributed by atoms with Crippen molar-refractivity contribution in [3.63, 3.8) is 0 Å². The molecule has 0 saturated carbocycles. The highest BCUT2D eigenvalue weighted by atomic mass is 15.4. The quantitative estimate of drug-likeness (QED) is 0.760. The Morgan fingerprint density at radius 3 is 2.61 bits per heavy atom. The number of aryl methyl sites for hydroxylation is 2. The third kappa shape index (κ3) is 2.23. The maximum Gasteiger partial charge on any atom is 0.0989 e. The zero-order valence-corrected chi connectivity index (χ0v) is 14.6. The summed E-state index contributed by atoms with van der Waals surface area (Å²) in [7, 11) is 0. The van der Waals surface area contributed by atoms with Crippen LogP contribution in [0.25, 0.3) is 0 Å². The van der Waals surface area contributed by atoms with Gasteiger partial charge in [0.25, 0.3) is 0 Å². The van der Waals surface area contributed by atoms with Crippen LogP contribution in [0.4, 0.5) is 11.4 Å². The van der Waals surface area contributed by atoms with Crippen molar-refractivity contribution < 1.29 is 0 Å². The van der Waals surface area contributed by atoms with Gasteiger partial charge in [0.1, 0.15) is 0 Å². The third-order valence-corrected chi connectivity index (χ3v) is 5.77. The molecule has 3 aliphatic rings. The number of hydrogen-bond acceptors (Lipinski definition) is 2. The average Bonchev–Trinajstić information content (AvgIpc) is 2.77. The van der Waals surface area contributed by atoms with Gasteiger partial charge in [-0.1, -0.05) is 24.3 Å². The molecule has 2 heteroatoms.